The van der Waals surface area contributed by atoms with Crippen LogP contribution in [-0.2, 0) is 25.5 Å². The van der Waals surface area contributed by atoms with E-state index in [-0.39, 0.29) is 31.1 Å². The molecular formula is C17H21NO5. The summed E-state index contributed by atoms with van der Waals surface area (Å²) in [6.07, 6.45) is -0.406. The van der Waals surface area contributed by atoms with E-state index in [4.69, 9.17) is 14.6 Å². The molecule has 1 N–H and O–H groups in total. The summed E-state index contributed by atoms with van der Waals surface area (Å²) in [5.41, 5.74) is 2.28. The van der Waals surface area contributed by atoms with Crippen LogP contribution in [0.5, 0.6) is 0 Å². The number of nitrogens with zero attached hydrogens (tertiary/aromatic N) is 1. The lowest BCUT2D eigenvalue weighted by Crippen LogP contribution is -2.52. The number of morpholine rings is 1. The highest BCUT2D eigenvalue weighted by Crippen LogP contribution is 2.30. The normalized spacial score (nSPS) is 27.3. The summed E-state index contributed by atoms with van der Waals surface area (Å²) in [5, 5.41) is 9.12. The van der Waals surface area contributed by atoms with E-state index >= 15 is 0 Å². The topological polar surface area (TPSA) is 76.1 Å². The van der Waals surface area contributed by atoms with Gasteiger partial charge in [0.15, 0.2) is 6.10 Å². The van der Waals surface area contributed by atoms with Crippen LogP contribution < -0.4 is 0 Å². The molecule has 2 heterocycles. The van der Waals surface area contributed by atoms with Gasteiger partial charge in [-0.3, -0.25) is 4.79 Å². The minimum Gasteiger partial charge on any atom is -0.479 e. The Balaban J connectivity index is 1.69. The van der Waals surface area contributed by atoms with E-state index in [9.17, 15) is 9.59 Å². The van der Waals surface area contributed by atoms with Gasteiger partial charge < -0.3 is 19.5 Å². The van der Waals surface area contributed by atoms with Gasteiger partial charge in [-0.05, 0) is 24.5 Å². The summed E-state index contributed by atoms with van der Waals surface area (Å²) in [5.74, 6) is -1.12. The maximum Gasteiger partial charge on any atom is 0.334 e. The maximum atomic E-state index is 12.6. The molecule has 1 amide bonds. The molecule has 6 heteroatoms. The SMILES string of the molecule is C[C@@H]1CN(C(=O)CC2OCCc3ccccc32)CC(C(=O)O)O1. The van der Waals surface area contributed by atoms with Crippen molar-refractivity contribution in [2.24, 2.45) is 0 Å². The number of carbonyl (C=O) groups is 2. The molecule has 1 aromatic carbocycles. The van der Waals surface area contributed by atoms with Crippen LogP contribution >= 0.6 is 0 Å². The molecule has 0 aromatic heterocycles. The number of hydrogen-bond donors (Lipinski definition) is 1. The third-order valence-electron chi connectivity index (χ3n) is 4.34. The minimum atomic E-state index is -1.03. The van der Waals surface area contributed by atoms with E-state index in [1.54, 1.807) is 11.8 Å². The van der Waals surface area contributed by atoms with Crippen molar-refractivity contribution in [2.45, 2.75) is 38.1 Å². The maximum absolute atomic E-state index is 12.6. The zero-order valence-electron chi connectivity index (χ0n) is 13.1. The van der Waals surface area contributed by atoms with E-state index in [0.717, 1.165) is 12.0 Å². The zero-order chi connectivity index (χ0) is 16.4. The number of carbonyl (C=O) groups excluding carboxylic acids is 1. The predicted octanol–water partition coefficient (Wildman–Crippen LogP) is 1.39. The van der Waals surface area contributed by atoms with Crippen LogP contribution in [0, 0.1) is 0 Å². The van der Waals surface area contributed by atoms with E-state index in [1.165, 1.54) is 5.56 Å². The molecule has 0 spiro atoms. The molecule has 124 valence electrons. The van der Waals surface area contributed by atoms with Crippen LogP contribution in [-0.4, -0.2) is 53.8 Å². The molecule has 0 aliphatic carbocycles. The van der Waals surface area contributed by atoms with E-state index in [2.05, 4.69) is 6.07 Å². The summed E-state index contributed by atoms with van der Waals surface area (Å²) in [7, 11) is 0. The van der Waals surface area contributed by atoms with Gasteiger partial charge >= 0.3 is 5.97 Å². The Kier molecular flexibility index (Phi) is 4.63. The van der Waals surface area contributed by atoms with Crippen molar-refractivity contribution in [1.29, 1.82) is 0 Å². The minimum absolute atomic E-state index is 0.0897. The Morgan fingerprint density at radius 3 is 2.87 bits per heavy atom. The molecule has 2 aliphatic heterocycles. The molecule has 1 aromatic rings. The number of carboxylic acids is 1. The van der Waals surface area contributed by atoms with Crippen LogP contribution in [0.15, 0.2) is 24.3 Å². The number of carboxylic acid groups (broad SMARTS) is 1. The fourth-order valence-corrected chi connectivity index (χ4v) is 3.22. The van der Waals surface area contributed by atoms with Crippen molar-refractivity contribution in [2.75, 3.05) is 19.7 Å². The Hall–Kier alpha value is -1.92. The van der Waals surface area contributed by atoms with Gasteiger partial charge in [-0.25, -0.2) is 4.79 Å². The molecule has 0 bridgehead atoms. The summed E-state index contributed by atoms with van der Waals surface area (Å²) in [4.78, 5) is 25.3. The molecule has 2 aliphatic rings. The van der Waals surface area contributed by atoms with Crippen LogP contribution in [0.1, 0.15) is 30.6 Å². The van der Waals surface area contributed by atoms with Crippen LogP contribution in [0.2, 0.25) is 0 Å². The smallest absolute Gasteiger partial charge is 0.334 e. The van der Waals surface area contributed by atoms with Crippen LogP contribution in [0.4, 0.5) is 0 Å². The molecule has 3 atom stereocenters. The molecule has 0 saturated carbocycles. The summed E-state index contributed by atoms with van der Waals surface area (Å²) < 4.78 is 11.1. The van der Waals surface area contributed by atoms with Crippen molar-refractivity contribution in [3.8, 4) is 0 Å². The molecule has 1 fully saturated rings. The highest BCUT2D eigenvalue weighted by molar-refractivity contribution is 5.79. The second-order valence-electron chi connectivity index (χ2n) is 6.08. The van der Waals surface area contributed by atoms with Crippen LogP contribution in [0.25, 0.3) is 0 Å². The first-order chi connectivity index (χ1) is 11.0. The van der Waals surface area contributed by atoms with E-state index < -0.39 is 12.1 Å². The van der Waals surface area contributed by atoms with Gasteiger partial charge in [0.2, 0.25) is 5.91 Å². The monoisotopic (exact) mass is 319 g/mol. The Labute approximate surface area is 135 Å². The standard InChI is InChI=1S/C17H21NO5/c1-11-9-18(10-15(23-11)17(20)21)16(19)8-14-13-5-3-2-4-12(13)6-7-22-14/h2-5,11,14-15H,6-10H2,1H3,(H,20,21)/t11-,14?,15?/m1/s1. The largest absolute Gasteiger partial charge is 0.479 e. The van der Waals surface area contributed by atoms with Gasteiger partial charge in [-0.15, -0.1) is 0 Å². The number of fused-ring (bicyclic) bond motifs is 1. The lowest BCUT2D eigenvalue weighted by Gasteiger charge is -2.36. The van der Waals surface area contributed by atoms with Crippen molar-refractivity contribution >= 4 is 11.9 Å². The van der Waals surface area contributed by atoms with E-state index in [0.29, 0.717) is 13.2 Å². The lowest BCUT2D eigenvalue weighted by molar-refractivity contribution is -0.167. The van der Waals surface area contributed by atoms with Gasteiger partial charge in [0, 0.05) is 6.54 Å². The number of aliphatic carboxylic acids is 1. The predicted molar refractivity (Wildman–Crippen MR) is 82.0 cm³/mol. The first kappa shape index (κ1) is 16.0. The Morgan fingerprint density at radius 2 is 2.09 bits per heavy atom. The van der Waals surface area contributed by atoms with Gasteiger partial charge in [0.25, 0.3) is 0 Å². The number of ether oxygens (including phenoxy) is 2. The fourth-order valence-electron chi connectivity index (χ4n) is 3.22. The molecule has 1 saturated heterocycles. The highest BCUT2D eigenvalue weighted by atomic mass is 16.5. The summed E-state index contributed by atoms with van der Waals surface area (Å²) >= 11 is 0. The Bertz CT molecular complexity index is 602. The van der Waals surface area contributed by atoms with Crippen molar-refractivity contribution in [3.05, 3.63) is 35.4 Å². The summed E-state index contributed by atoms with van der Waals surface area (Å²) in [6.45, 7) is 2.89. The average molecular weight is 319 g/mol. The molecule has 0 radical (unpaired) electrons. The van der Waals surface area contributed by atoms with Gasteiger partial charge in [0.05, 0.1) is 31.8 Å². The van der Waals surface area contributed by atoms with Gasteiger partial charge in [-0.1, -0.05) is 24.3 Å². The molecule has 3 rings (SSSR count). The fraction of sp³-hybridized carbons (Fsp3) is 0.529. The highest BCUT2D eigenvalue weighted by Gasteiger charge is 2.34. The molecule has 6 nitrogen and oxygen atoms in total. The van der Waals surface area contributed by atoms with Crippen LogP contribution in [0.3, 0.4) is 0 Å². The van der Waals surface area contributed by atoms with Crippen molar-refractivity contribution in [3.63, 3.8) is 0 Å². The molecular weight excluding hydrogens is 298 g/mol. The number of rotatable bonds is 3. The number of amides is 1. The van der Waals surface area contributed by atoms with Gasteiger partial charge in [-0.2, -0.15) is 0 Å². The second kappa shape index (κ2) is 6.68. The third kappa shape index (κ3) is 3.54. The number of hydrogen-bond acceptors (Lipinski definition) is 4. The zero-order valence-corrected chi connectivity index (χ0v) is 13.1. The van der Waals surface area contributed by atoms with Gasteiger partial charge in [0.1, 0.15) is 0 Å². The Morgan fingerprint density at radius 1 is 1.30 bits per heavy atom. The first-order valence-corrected chi connectivity index (χ1v) is 7.90. The lowest BCUT2D eigenvalue weighted by atomic mass is 9.95. The molecule has 23 heavy (non-hydrogen) atoms. The average Bonchev–Trinajstić information content (AvgIpc) is 2.54. The van der Waals surface area contributed by atoms with Crippen molar-refractivity contribution < 1.29 is 24.2 Å². The van der Waals surface area contributed by atoms with E-state index in [1.807, 2.05) is 18.2 Å². The summed E-state index contributed by atoms with van der Waals surface area (Å²) in [6, 6.07) is 7.99. The quantitative estimate of drug-likeness (QED) is 0.911. The first-order valence-electron chi connectivity index (χ1n) is 7.90. The second-order valence-corrected chi connectivity index (χ2v) is 6.08. The third-order valence-corrected chi connectivity index (χ3v) is 4.34. The van der Waals surface area contributed by atoms with Crippen molar-refractivity contribution in [1.82, 2.24) is 4.90 Å². The molecule has 2 unspecified atom stereocenters. The number of benzene rings is 1.